The molecule has 1 aromatic rings. The van der Waals surface area contributed by atoms with Crippen molar-refractivity contribution in [1.29, 1.82) is 5.26 Å². The summed E-state index contributed by atoms with van der Waals surface area (Å²) >= 11 is 0. The van der Waals surface area contributed by atoms with Crippen LogP contribution in [-0.2, 0) is 4.79 Å². The summed E-state index contributed by atoms with van der Waals surface area (Å²) < 4.78 is 5.72. The molecule has 1 aromatic carbocycles. The largest absolute Gasteiger partial charge is 0.485 e. The molecule has 0 aromatic heterocycles. The molecular formula is C12H12N2O2. The molecule has 0 atom stereocenters. The molecule has 1 aliphatic rings. The lowest BCUT2D eigenvalue weighted by Crippen LogP contribution is -2.30. The summed E-state index contributed by atoms with van der Waals surface area (Å²) in [5.41, 5.74) is 0.542. The fraction of sp³-hybridized carbons (Fsp3) is 0.333. The molecule has 0 aliphatic carbocycles. The molecule has 1 amide bonds. The number of ether oxygens (including phenoxy) is 1. The van der Waals surface area contributed by atoms with Crippen LogP contribution in [0.25, 0.3) is 0 Å². The van der Waals surface area contributed by atoms with Crippen molar-refractivity contribution < 1.29 is 9.53 Å². The van der Waals surface area contributed by atoms with E-state index in [1.54, 1.807) is 18.2 Å². The molecular weight excluding hydrogens is 204 g/mol. The van der Waals surface area contributed by atoms with Gasteiger partial charge in [-0.3, -0.25) is 4.79 Å². The highest BCUT2D eigenvalue weighted by atomic mass is 16.5. The molecule has 4 nitrogen and oxygen atoms in total. The molecule has 0 radical (unpaired) electrons. The van der Waals surface area contributed by atoms with E-state index in [9.17, 15) is 4.79 Å². The smallest absolute Gasteiger partial charge is 0.228 e. The molecule has 1 N–H and O–H groups in total. The lowest BCUT2D eigenvalue weighted by atomic mass is 10.1. The van der Waals surface area contributed by atoms with Crippen LogP contribution in [0.4, 0.5) is 5.69 Å². The highest BCUT2D eigenvalue weighted by molar-refractivity contribution is 5.94. The molecule has 2 rings (SSSR count). The van der Waals surface area contributed by atoms with Crippen LogP contribution in [0.15, 0.2) is 18.2 Å². The predicted octanol–water partition coefficient (Wildman–Crippen LogP) is 2.06. The number of anilines is 1. The Kier molecular flexibility index (Phi) is 2.31. The molecule has 0 saturated heterocycles. The summed E-state index contributed by atoms with van der Waals surface area (Å²) in [5.74, 6) is 0.508. The standard InChI is InChI=1S/C12H12N2O2/c1-12(2)6-11(15)14-9-5-8(7-13)3-4-10(9)16-12/h3-5H,6H2,1-2H3,(H,14,15). The van der Waals surface area contributed by atoms with Gasteiger partial charge in [-0.15, -0.1) is 0 Å². The second-order valence-electron chi connectivity index (χ2n) is 4.41. The van der Waals surface area contributed by atoms with Crippen LogP contribution in [-0.4, -0.2) is 11.5 Å². The maximum absolute atomic E-state index is 11.6. The van der Waals surface area contributed by atoms with Crippen LogP contribution >= 0.6 is 0 Å². The van der Waals surface area contributed by atoms with E-state index in [4.69, 9.17) is 10.00 Å². The highest BCUT2D eigenvalue weighted by Crippen LogP contribution is 2.33. The third-order valence-corrected chi connectivity index (χ3v) is 2.36. The normalized spacial score (nSPS) is 17.4. The van der Waals surface area contributed by atoms with Crippen LogP contribution < -0.4 is 10.1 Å². The van der Waals surface area contributed by atoms with Gasteiger partial charge < -0.3 is 10.1 Å². The van der Waals surface area contributed by atoms with Crippen LogP contribution in [0, 0.1) is 11.3 Å². The molecule has 82 valence electrons. The summed E-state index contributed by atoms with van der Waals surface area (Å²) in [6.45, 7) is 3.72. The maximum atomic E-state index is 11.6. The van der Waals surface area contributed by atoms with E-state index >= 15 is 0 Å². The summed E-state index contributed by atoms with van der Waals surface area (Å²) in [5, 5.41) is 11.5. The monoisotopic (exact) mass is 216 g/mol. The molecule has 0 unspecified atom stereocenters. The van der Waals surface area contributed by atoms with Gasteiger partial charge in [0.2, 0.25) is 5.91 Å². The van der Waals surface area contributed by atoms with Crippen molar-refractivity contribution in [3.05, 3.63) is 23.8 Å². The Labute approximate surface area is 93.8 Å². The number of nitrogens with zero attached hydrogens (tertiary/aromatic N) is 1. The lowest BCUT2D eigenvalue weighted by molar-refractivity contribution is -0.118. The van der Waals surface area contributed by atoms with E-state index in [1.807, 2.05) is 19.9 Å². The van der Waals surface area contributed by atoms with E-state index in [1.165, 1.54) is 0 Å². The second-order valence-corrected chi connectivity index (χ2v) is 4.41. The van der Waals surface area contributed by atoms with Gasteiger partial charge in [-0.05, 0) is 32.0 Å². The van der Waals surface area contributed by atoms with Gasteiger partial charge >= 0.3 is 0 Å². The Hall–Kier alpha value is -2.02. The number of rotatable bonds is 0. The minimum Gasteiger partial charge on any atom is -0.485 e. The fourth-order valence-electron chi connectivity index (χ4n) is 1.70. The lowest BCUT2D eigenvalue weighted by Gasteiger charge is -2.23. The average Bonchev–Trinajstić information content (AvgIpc) is 2.29. The fourth-order valence-corrected chi connectivity index (χ4v) is 1.70. The van der Waals surface area contributed by atoms with E-state index in [2.05, 4.69) is 5.32 Å². The number of benzene rings is 1. The Balaban J connectivity index is 2.47. The van der Waals surface area contributed by atoms with Crippen molar-refractivity contribution >= 4 is 11.6 Å². The van der Waals surface area contributed by atoms with Gasteiger partial charge in [-0.25, -0.2) is 0 Å². The maximum Gasteiger partial charge on any atom is 0.228 e. The Morgan fingerprint density at radius 3 is 2.94 bits per heavy atom. The van der Waals surface area contributed by atoms with Crippen molar-refractivity contribution in [2.45, 2.75) is 25.9 Å². The van der Waals surface area contributed by atoms with Gasteiger partial charge in [-0.1, -0.05) is 0 Å². The average molecular weight is 216 g/mol. The summed E-state index contributed by atoms with van der Waals surface area (Å²) in [6, 6.07) is 7.03. The molecule has 1 aliphatic heterocycles. The van der Waals surface area contributed by atoms with Crippen LogP contribution in [0.2, 0.25) is 0 Å². The molecule has 0 bridgehead atoms. The van der Waals surface area contributed by atoms with E-state index < -0.39 is 5.60 Å². The Bertz CT molecular complexity index is 486. The van der Waals surface area contributed by atoms with Crippen molar-refractivity contribution in [2.24, 2.45) is 0 Å². The van der Waals surface area contributed by atoms with E-state index in [0.29, 0.717) is 23.4 Å². The van der Waals surface area contributed by atoms with Crippen LogP contribution in [0.1, 0.15) is 25.8 Å². The van der Waals surface area contributed by atoms with E-state index in [0.717, 1.165) is 0 Å². The molecule has 0 saturated carbocycles. The number of carbonyl (C=O) groups excluding carboxylic acids is 1. The number of hydrogen-bond acceptors (Lipinski definition) is 3. The Morgan fingerprint density at radius 1 is 1.50 bits per heavy atom. The zero-order chi connectivity index (χ0) is 11.8. The number of carbonyl (C=O) groups is 1. The quantitative estimate of drug-likeness (QED) is 0.722. The summed E-state index contributed by atoms with van der Waals surface area (Å²) in [7, 11) is 0. The van der Waals surface area contributed by atoms with Gasteiger partial charge in [0.15, 0.2) is 0 Å². The number of fused-ring (bicyclic) bond motifs is 1. The van der Waals surface area contributed by atoms with Gasteiger partial charge in [0.05, 0.1) is 23.7 Å². The zero-order valence-electron chi connectivity index (χ0n) is 9.20. The third kappa shape index (κ3) is 1.98. The first-order valence-electron chi connectivity index (χ1n) is 5.03. The van der Waals surface area contributed by atoms with Gasteiger partial charge in [0.1, 0.15) is 11.4 Å². The van der Waals surface area contributed by atoms with Crippen molar-refractivity contribution in [2.75, 3.05) is 5.32 Å². The summed E-state index contributed by atoms with van der Waals surface area (Å²) in [4.78, 5) is 11.6. The first kappa shape index (κ1) is 10.5. The van der Waals surface area contributed by atoms with Crippen molar-refractivity contribution in [3.8, 4) is 11.8 Å². The predicted molar refractivity (Wildman–Crippen MR) is 59.1 cm³/mol. The zero-order valence-corrected chi connectivity index (χ0v) is 9.20. The third-order valence-electron chi connectivity index (χ3n) is 2.36. The van der Waals surface area contributed by atoms with Gasteiger partial charge in [0, 0.05) is 0 Å². The van der Waals surface area contributed by atoms with Gasteiger partial charge in [-0.2, -0.15) is 5.26 Å². The number of nitrogens with one attached hydrogen (secondary N) is 1. The summed E-state index contributed by atoms with van der Waals surface area (Å²) in [6.07, 6.45) is 0.295. The molecule has 4 heteroatoms. The first-order valence-corrected chi connectivity index (χ1v) is 5.03. The van der Waals surface area contributed by atoms with Crippen molar-refractivity contribution in [1.82, 2.24) is 0 Å². The van der Waals surface area contributed by atoms with Crippen LogP contribution in [0.5, 0.6) is 5.75 Å². The number of hydrogen-bond donors (Lipinski definition) is 1. The molecule has 1 heterocycles. The number of nitriles is 1. The van der Waals surface area contributed by atoms with E-state index in [-0.39, 0.29) is 5.91 Å². The highest BCUT2D eigenvalue weighted by Gasteiger charge is 2.29. The van der Waals surface area contributed by atoms with Gasteiger partial charge in [0.25, 0.3) is 0 Å². The molecule has 0 spiro atoms. The molecule has 0 fully saturated rings. The topological polar surface area (TPSA) is 62.1 Å². The molecule has 16 heavy (non-hydrogen) atoms. The first-order chi connectivity index (χ1) is 7.50. The minimum absolute atomic E-state index is 0.0983. The minimum atomic E-state index is -0.524. The second kappa shape index (κ2) is 3.53. The van der Waals surface area contributed by atoms with Crippen LogP contribution in [0.3, 0.4) is 0 Å². The van der Waals surface area contributed by atoms with Crippen molar-refractivity contribution in [3.63, 3.8) is 0 Å². The number of amides is 1. The SMILES string of the molecule is CC1(C)CC(=O)Nc2cc(C#N)ccc2O1. The Morgan fingerprint density at radius 2 is 2.25 bits per heavy atom.